The van der Waals surface area contributed by atoms with E-state index in [0.29, 0.717) is 21.2 Å². The normalized spacial score (nSPS) is 17.6. The van der Waals surface area contributed by atoms with E-state index in [0.717, 1.165) is 0 Å². The number of nitrogens with zero attached hydrogens (tertiary/aromatic N) is 1. The van der Waals surface area contributed by atoms with E-state index in [4.69, 9.17) is 5.73 Å². The molecule has 2 rings (SSSR count). The molecule has 1 amide bonds. The number of sulfonamides is 1. The number of amides is 1. The zero-order valence-corrected chi connectivity index (χ0v) is 14.4. The van der Waals surface area contributed by atoms with Gasteiger partial charge in [0.05, 0.1) is 0 Å². The van der Waals surface area contributed by atoms with Crippen molar-refractivity contribution in [2.45, 2.75) is 11.3 Å². The Bertz CT molecular complexity index is 625. The van der Waals surface area contributed by atoms with Gasteiger partial charge < -0.3 is 11.1 Å². The Morgan fingerprint density at radius 2 is 1.80 bits per heavy atom. The maximum absolute atomic E-state index is 12.7. The zero-order chi connectivity index (χ0) is 14.9. The topological polar surface area (TPSA) is 92.5 Å². The van der Waals surface area contributed by atoms with E-state index < -0.39 is 10.0 Å². The lowest BCUT2D eigenvalue weighted by Crippen LogP contribution is -2.34. The summed E-state index contributed by atoms with van der Waals surface area (Å²) in [6, 6.07) is 3.08. The molecule has 0 aliphatic carbocycles. The van der Waals surface area contributed by atoms with Crippen molar-refractivity contribution in [2.24, 2.45) is 0 Å². The molecule has 6 nitrogen and oxygen atoms in total. The molecule has 1 heterocycles. The van der Waals surface area contributed by atoms with Gasteiger partial charge in [-0.1, -0.05) is 0 Å². The van der Waals surface area contributed by atoms with E-state index >= 15 is 0 Å². The molecule has 110 valence electrons. The van der Waals surface area contributed by atoms with Crippen molar-refractivity contribution in [3.8, 4) is 0 Å². The first kappa shape index (κ1) is 15.7. The van der Waals surface area contributed by atoms with Crippen molar-refractivity contribution in [3.63, 3.8) is 0 Å². The molecule has 1 aromatic carbocycles. The second kappa shape index (κ2) is 6.00. The average Bonchev–Trinajstić information content (AvgIpc) is 2.52. The van der Waals surface area contributed by atoms with Crippen LogP contribution in [0.2, 0.25) is 0 Å². The van der Waals surface area contributed by atoms with Crippen LogP contribution in [0, 0.1) is 0 Å². The second-order valence-corrected chi connectivity index (χ2v) is 7.90. The van der Waals surface area contributed by atoms with Gasteiger partial charge in [0.25, 0.3) is 0 Å². The molecule has 1 aromatic rings. The highest BCUT2D eigenvalue weighted by molar-refractivity contribution is 9.11. The highest BCUT2D eigenvalue weighted by Crippen LogP contribution is 2.34. The number of nitrogens with two attached hydrogens (primary N) is 1. The number of hydrogen-bond donors (Lipinski definition) is 2. The maximum atomic E-state index is 12.7. The van der Waals surface area contributed by atoms with Crippen LogP contribution in [0.5, 0.6) is 0 Å². The van der Waals surface area contributed by atoms with Gasteiger partial charge in [-0.05, 0) is 44.0 Å². The van der Waals surface area contributed by atoms with Crippen molar-refractivity contribution in [2.75, 3.05) is 25.4 Å². The fourth-order valence-corrected chi connectivity index (χ4v) is 5.92. The lowest BCUT2D eigenvalue weighted by molar-refractivity contribution is -0.120. The third-order valence-corrected chi connectivity index (χ3v) is 6.67. The molecule has 0 unspecified atom stereocenters. The van der Waals surface area contributed by atoms with E-state index in [1.165, 1.54) is 4.31 Å². The quantitative estimate of drug-likeness (QED) is 0.697. The van der Waals surface area contributed by atoms with Gasteiger partial charge in [-0.25, -0.2) is 8.42 Å². The van der Waals surface area contributed by atoms with Gasteiger partial charge in [-0.3, -0.25) is 4.79 Å². The van der Waals surface area contributed by atoms with Crippen LogP contribution < -0.4 is 11.1 Å². The van der Waals surface area contributed by atoms with Gasteiger partial charge in [-0.2, -0.15) is 4.31 Å². The molecule has 1 aliphatic rings. The standard InChI is InChI=1S/C11H13Br2N3O3S/c12-8-5-7(14)6-9(13)11(8)20(18,19)16-3-1-10(17)15-2-4-16/h5-6H,1-4,14H2,(H,15,17). The Kier molecular flexibility index (Phi) is 4.73. The Morgan fingerprint density at radius 1 is 1.20 bits per heavy atom. The summed E-state index contributed by atoms with van der Waals surface area (Å²) in [5.74, 6) is -0.141. The highest BCUT2D eigenvalue weighted by Gasteiger charge is 2.30. The molecule has 0 radical (unpaired) electrons. The molecule has 0 spiro atoms. The van der Waals surface area contributed by atoms with E-state index in [9.17, 15) is 13.2 Å². The van der Waals surface area contributed by atoms with Crippen LogP contribution in [0.15, 0.2) is 26.0 Å². The van der Waals surface area contributed by atoms with Crippen molar-refractivity contribution < 1.29 is 13.2 Å². The molecular formula is C11H13Br2N3O3S. The predicted octanol–water partition coefficient (Wildman–Crippen LogP) is 1.30. The summed E-state index contributed by atoms with van der Waals surface area (Å²) in [5.41, 5.74) is 6.12. The average molecular weight is 427 g/mol. The van der Waals surface area contributed by atoms with Crippen LogP contribution in [0.3, 0.4) is 0 Å². The molecule has 1 fully saturated rings. The van der Waals surface area contributed by atoms with Crippen LogP contribution in [-0.2, 0) is 14.8 Å². The van der Waals surface area contributed by atoms with Crippen molar-refractivity contribution in [1.29, 1.82) is 0 Å². The molecule has 9 heteroatoms. The molecule has 1 saturated heterocycles. The Balaban J connectivity index is 2.42. The first-order valence-electron chi connectivity index (χ1n) is 5.84. The van der Waals surface area contributed by atoms with Gasteiger partial charge in [0.1, 0.15) is 4.90 Å². The Morgan fingerprint density at radius 3 is 2.40 bits per heavy atom. The molecule has 3 N–H and O–H groups in total. The van der Waals surface area contributed by atoms with Gasteiger partial charge in [0.2, 0.25) is 15.9 Å². The number of carbonyl (C=O) groups is 1. The SMILES string of the molecule is Nc1cc(Br)c(S(=O)(=O)N2CCNC(=O)CC2)c(Br)c1. The Labute approximate surface area is 134 Å². The van der Waals surface area contributed by atoms with Crippen molar-refractivity contribution in [1.82, 2.24) is 9.62 Å². The fraction of sp³-hybridized carbons (Fsp3) is 0.364. The van der Waals surface area contributed by atoms with Crippen molar-refractivity contribution in [3.05, 3.63) is 21.1 Å². The van der Waals surface area contributed by atoms with E-state index in [2.05, 4.69) is 37.2 Å². The molecule has 0 atom stereocenters. The van der Waals surface area contributed by atoms with Gasteiger partial charge in [0.15, 0.2) is 0 Å². The first-order chi connectivity index (χ1) is 9.32. The van der Waals surface area contributed by atoms with E-state index in [-0.39, 0.29) is 30.3 Å². The van der Waals surface area contributed by atoms with Crippen LogP contribution in [0.1, 0.15) is 6.42 Å². The zero-order valence-electron chi connectivity index (χ0n) is 10.4. The number of carbonyl (C=O) groups excluding carboxylic acids is 1. The highest BCUT2D eigenvalue weighted by atomic mass is 79.9. The molecule has 0 bridgehead atoms. The molecular weight excluding hydrogens is 414 g/mol. The van der Waals surface area contributed by atoms with Crippen LogP contribution in [0.4, 0.5) is 5.69 Å². The van der Waals surface area contributed by atoms with Crippen LogP contribution >= 0.6 is 31.9 Å². The number of rotatable bonds is 2. The van der Waals surface area contributed by atoms with Gasteiger partial charge >= 0.3 is 0 Å². The second-order valence-electron chi connectivity index (χ2n) is 4.32. The summed E-state index contributed by atoms with van der Waals surface area (Å²) in [7, 11) is -3.70. The minimum Gasteiger partial charge on any atom is -0.399 e. The number of benzene rings is 1. The summed E-state index contributed by atoms with van der Waals surface area (Å²) in [4.78, 5) is 11.4. The van der Waals surface area contributed by atoms with E-state index in [1.807, 2.05) is 0 Å². The van der Waals surface area contributed by atoms with Crippen LogP contribution in [0.25, 0.3) is 0 Å². The number of anilines is 1. The summed E-state index contributed by atoms with van der Waals surface area (Å²) >= 11 is 6.47. The minimum absolute atomic E-state index is 0.126. The molecule has 20 heavy (non-hydrogen) atoms. The fourth-order valence-electron chi connectivity index (χ4n) is 1.94. The summed E-state index contributed by atoms with van der Waals surface area (Å²) < 4.78 is 27.5. The van der Waals surface area contributed by atoms with E-state index in [1.54, 1.807) is 12.1 Å². The largest absolute Gasteiger partial charge is 0.399 e. The lowest BCUT2D eigenvalue weighted by atomic mass is 10.3. The number of nitrogens with one attached hydrogen (secondary N) is 1. The van der Waals surface area contributed by atoms with Crippen molar-refractivity contribution >= 4 is 53.5 Å². The Hall–Kier alpha value is -0.640. The minimum atomic E-state index is -3.70. The summed E-state index contributed by atoms with van der Waals surface area (Å²) in [6.45, 7) is 0.719. The monoisotopic (exact) mass is 425 g/mol. The number of halogens is 2. The number of hydrogen-bond acceptors (Lipinski definition) is 4. The van der Waals surface area contributed by atoms with Gasteiger partial charge in [0, 0.05) is 40.7 Å². The predicted molar refractivity (Wildman–Crippen MR) is 82.6 cm³/mol. The third-order valence-electron chi connectivity index (χ3n) is 2.89. The van der Waals surface area contributed by atoms with Crippen LogP contribution in [-0.4, -0.2) is 38.3 Å². The first-order valence-corrected chi connectivity index (χ1v) is 8.86. The smallest absolute Gasteiger partial charge is 0.245 e. The molecule has 0 aromatic heterocycles. The summed E-state index contributed by atoms with van der Waals surface area (Å²) in [5, 5.41) is 2.65. The number of nitrogen functional groups attached to an aromatic ring is 1. The lowest BCUT2D eigenvalue weighted by Gasteiger charge is -2.21. The third kappa shape index (κ3) is 3.16. The molecule has 0 saturated carbocycles. The maximum Gasteiger partial charge on any atom is 0.245 e. The molecule has 1 aliphatic heterocycles. The van der Waals surface area contributed by atoms with Gasteiger partial charge in [-0.15, -0.1) is 0 Å². The summed E-state index contributed by atoms with van der Waals surface area (Å²) in [6.07, 6.45) is 0.156.